The highest BCUT2D eigenvalue weighted by Gasteiger charge is 2.41. The Balaban J connectivity index is 1.28. The van der Waals surface area contributed by atoms with E-state index >= 15 is 0 Å². The van der Waals surface area contributed by atoms with Crippen LogP contribution in [-0.2, 0) is 4.79 Å². The Hall–Kier alpha value is -4.69. The van der Waals surface area contributed by atoms with E-state index in [9.17, 15) is 4.79 Å². The molecule has 6 rings (SSSR count). The molecule has 3 aromatic carbocycles. The Morgan fingerprint density at radius 2 is 1.78 bits per heavy atom. The Bertz CT molecular complexity index is 1660. The predicted molar refractivity (Wildman–Crippen MR) is 166 cm³/mol. The van der Waals surface area contributed by atoms with Crippen LogP contribution >= 0.6 is 12.2 Å². The minimum Gasteiger partial charge on any atom is -0.494 e. The molecule has 0 saturated carbocycles. The van der Waals surface area contributed by atoms with Gasteiger partial charge in [-0.05, 0) is 79.1 Å². The molecule has 7 nitrogen and oxygen atoms in total. The van der Waals surface area contributed by atoms with Crippen molar-refractivity contribution in [2.24, 2.45) is 0 Å². The van der Waals surface area contributed by atoms with Crippen LogP contribution < -0.4 is 15.4 Å². The van der Waals surface area contributed by atoms with Crippen LogP contribution in [0.3, 0.4) is 0 Å². The molecule has 0 spiro atoms. The molecule has 5 aromatic rings. The molecule has 41 heavy (non-hydrogen) atoms. The first-order valence-corrected chi connectivity index (χ1v) is 14.2. The molecular weight excluding hydrogens is 530 g/mol. The van der Waals surface area contributed by atoms with Crippen molar-refractivity contribution in [2.75, 3.05) is 18.5 Å². The highest BCUT2D eigenvalue weighted by molar-refractivity contribution is 7.80. The summed E-state index contributed by atoms with van der Waals surface area (Å²) in [7, 11) is 0. The van der Waals surface area contributed by atoms with Gasteiger partial charge < -0.3 is 24.8 Å². The molecule has 0 radical (unpaired) electrons. The maximum atomic E-state index is 13.2. The number of fused-ring (bicyclic) bond motifs is 1. The molecular formula is C33H31N5O2S. The minimum absolute atomic E-state index is 0.0638. The van der Waals surface area contributed by atoms with Gasteiger partial charge in [-0.2, -0.15) is 0 Å². The van der Waals surface area contributed by atoms with E-state index in [-0.39, 0.29) is 24.4 Å². The highest BCUT2D eigenvalue weighted by atomic mass is 32.1. The molecule has 2 aromatic heterocycles. The minimum atomic E-state index is -0.179. The number of nitrogens with one attached hydrogen (secondary N) is 2. The molecule has 1 aliphatic heterocycles. The molecule has 0 unspecified atom stereocenters. The Morgan fingerprint density at radius 1 is 0.976 bits per heavy atom. The molecule has 1 fully saturated rings. The largest absolute Gasteiger partial charge is 0.494 e. The lowest BCUT2D eigenvalue weighted by Crippen LogP contribution is -2.33. The monoisotopic (exact) mass is 561 g/mol. The third-order valence-corrected chi connectivity index (χ3v) is 7.70. The van der Waals surface area contributed by atoms with Crippen molar-refractivity contribution in [1.82, 2.24) is 19.8 Å². The second kappa shape index (κ2) is 11.8. The van der Waals surface area contributed by atoms with Crippen molar-refractivity contribution in [1.29, 1.82) is 0 Å². The number of nitrogens with zero attached hydrogens (tertiary/aromatic N) is 3. The van der Waals surface area contributed by atoms with E-state index in [0.29, 0.717) is 18.3 Å². The molecule has 2 N–H and O–H groups in total. The lowest BCUT2D eigenvalue weighted by Gasteiger charge is -2.29. The number of rotatable bonds is 9. The van der Waals surface area contributed by atoms with E-state index in [0.717, 1.165) is 39.3 Å². The predicted octanol–water partition coefficient (Wildman–Crippen LogP) is 6.43. The van der Waals surface area contributed by atoms with Crippen LogP contribution in [0, 0.1) is 0 Å². The molecule has 8 heteroatoms. The number of hydrogen-bond donors (Lipinski definition) is 2. The van der Waals surface area contributed by atoms with Gasteiger partial charge in [0.1, 0.15) is 5.75 Å². The Kier molecular flexibility index (Phi) is 7.65. The van der Waals surface area contributed by atoms with Gasteiger partial charge in [-0.25, -0.2) is 0 Å². The number of hydrogen-bond acceptors (Lipinski definition) is 4. The summed E-state index contributed by atoms with van der Waals surface area (Å²) in [5, 5.41) is 9.30. The highest BCUT2D eigenvalue weighted by Crippen LogP contribution is 2.39. The van der Waals surface area contributed by atoms with Crippen LogP contribution in [0.15, 0.2) is 109 Å². The van der Waals surface area contributed by atoms with Crippen molar-refractivity contribution in [2.45, 2.75) is 25.4 Å². The molecule has 1 amide bonds. The Labute approximate surface area is 244 Å². The van der Waals surface area contributed by atoms with Gasteiger partial charge in [0.25, 0.3) is 0 Å². The van der Waals surface area contributed by atoms with Gasteiger partial charge in [0.15, 0.2) is 5.11 Å². The molecule has 0 bridgehead atoms. The smallest absolute Gasteiger partial charge is 0.226 e. The first-order chi connectivity index (χ1) is 20.1. The SMILES string of the molecule is CCOc1ccc(-n2cccc2[C@@H]2[C@@H](c3ccccn3)NC(=S)N2CCC(=O)Nc2cccc3ccccc23)cc1. The number of pyridine rings is 1. The zero-order valence-corrected chi connectivity index (χ0v) is 23.6. The normalized spacial score (nSPS) is 16.5. The van der Waals surface area contributed by atoms with E-state index in [2.05, 4.69) is 31.2 Å². The number of anilines is 1. The van der Waals surface area contributed by atoms with Crippen LogP contribution in [0.4, 0.5) is 5.69 Å². The summed E-state index contributed by atoms with van der Waals surface area (Å²) < 4.78 is 7.81. The van der Waals surface area contributed by atoms with Crippen LogP contribution in [0.25, 0.3) is 16.5 Å². The second-order valence-corrected chi connectivity index (χ2v) is 10.3. The van der Waals surface area contributed by atoms with E-state index in [4.69, 9.17) is 17.0 Å². The molecule has 206 valence electrons. The van der Waals surface area contributed by atoms with Crippen molar-refractivity contribution >= 4 is 39.7 Å². The van der Waals surface area contributed by atoms with Crippen LogP contribution in [-0.4, -0.2) is 38.6 Å². The molecule has 3 heterocycles. The van der Waals surface area contributed by atoms with Crippen molar-refractivity contribution in [3.63, 3.8) is 0 Å². The lowest BCUT2D eigenvalue weighted by atomic mass is 10.0. The van der Waals surface area contributed by atoms with Crippen molar-refractivity contribution < 1.29 is 9.53 Å². The number of thiocarbonyl (C=S) groups is 1. The quantitative estimate of drug-likeness (QED) is 0.202. The summed E-state index contributed by atoms with van der Waals surface area (Å²) in [4.78, 5) is 20.0. The third kappa shape index (κ3) is 5.51. The van der Waals surface area contributed by atoms with Gasteiger partial charge in [-0.15, -0.1) is 0 Å². The summed E-state index contributed by atoms with van der Waals surface area (Å²) in [5.74, 6) is 0.768. The first kappa shape index (κ1) is 26.5. The Morgan fingerprint density at radius 3 is 2.59 bits per heavy atom. The summed E-state index contributed by atoms with van der Waals surface area (Å²) in [6, 6.07) is 31.7. The average molecular weight is 562 g/mol. The third-order valence-electron chi connectivity index (χ3n) is 7.35. The second-order valence-electron chi connectivity index (χ2n) is 9.87. The number of carbonyl (C=O) groups is 1. The van der Waals surface area contributed by atoms with Crippen molar-refractivity contribution in [3.8, 4) is 11.4 Å². The van der Waals surface area contributed by atoms with Gasteiger partial charge in [0, 0.05) is 47.8 Å². The van der Waals surface area contributed by atoms with E-state index < -0.39 is 0 Å². The van der Waals surface area contributed by atoms with Crippen LogP contribution in [0.5, 0.6) is 5.75 Å². The zero-order valence-electron chi connectivity index (χ0n) is 22.7. The van der Waals surface area contributed by atoms with Crippen molar-refractivity contribution in [3.05, 3.63) is 121 Å². The maximum Gasteiger partial charge on any atom is 0.226 e. The molecule has 1 saturated heterocycles. The average Bonchev–Trinajstić information content (AvgIpc) is 3.61. The van der Waals surface area contributed by atoms with Gasteiger partial charge in [0.05, 0.1) is 24.4 Å². The van der Waals surface area contributed by atoms with Crippen LogP contribution in [0.2, 0.25) is 0 Å². The maximum absolute atomic E-state index is 13.2. The number of amides is 1. The van der Waals surface area contributed by atoms with E-state index in [1.54, 1.807) is 6.20 Å². The summed E-state index contributed by atoms with van der Waals surface area (Å²) >= 11 is 5.85. The number of carbonyl (C=O) groups excluding carboxylic acids is 1. The number of ether oxygens (including phenoxy) is 1. The fourth-order valence-corrected chi connectivity index (χ4v) is 5.81. The fraction of sp³-hybridized carbons (Fsp3) is 0.182. The van der Waals surface area contributed by atoms with Gasteiger partial charge in [-0.3, -0.25) is 9.78 Å². The zero-order chi connectivity index (χ0) is 28.2. The first-order valence-electron chi connectivity index (χ1n) is 13.8. The van der Waals surface area contributed by atoms with Crippen LogP contribution in [0.1, 0.15) is 36.8 Å². The summed E-state index contributed by atoms with van der Waals surface area (Å²) in [6.07, 6.45) is 4.12. The number of aromatic nitrogens is 2. The van der Waals surface area contributed by atoms with Gasteiger partial charge in [0.2, 0.25) is 5.91 Å². The number of benzene rings is 3. The van der Waals surface area contributed by atoms with Gasteiger partial charge >= 0.3 is 0 Å². The summed E-state index contributed by atoms with van der Waals surface area (Å²) in [6.45, 7) is 3.04. The topological polar surface area (TPSA) is 71.4 Å². The fourth-order valence-electron chi connectivity index (χ4n) is 5.48. The molecule has 2 atom stereocenters. The molecule has 0 aliphatic carbocycles. The standard InChI is InChI=1S/C33H31N5O2S/c1-2-40-25-17-15-24(16-18-25)37-21-8-14-29(37)32-31(28-12-5-6-20-34-28)36-33(41)38(32)22-19-30(39)35-27-13-7-10-23-9-3-4-11-26(23)27/h3-18,20-21,31-32H,2,19,22H2,1H3,(H,35,39)(H,36,41)/t31-,32-/m1/s1. The van der Waals surface area contributed by atoms with Gasteiger partial charge in [-0.1, -0.05) is 42.5 Å². The summed E-state index contributed by atoms with van der Waals surface area (Å²) in [5.41, 5.74) is 3.76. The molecule has 1 aliphatic rings. The van der Waals surface area contributed by atoms with E-state index in [1.165, 1.54) is 0 Å². The van der Waals surface area contributed by atoms with E-state index in [1.807, 2.05) is 104 Å². The lowest BCUT2D eigenvalue weighted by molar-refractivity contribution is -0.116.